The molecule has 2 fully saturated rings. The van der Waals surface area contributed by atoms with Gasteiger partial charge in [-0.25, -0.2) is 36.2 Å². The third-order valence-corrected chi connectivity index (χ3v) is 11.1. The van der Waals surface area contributed by atoms with Gasteiger partial charge in [0.25, 0.3) is 0 Å². The first-order chi connectivity index (χ1) is 24.6. The standard InChI is InChI=1S/C36H46N8O6S2/c1-22(2)32(42-52(5,49)50)36(46)44-19-7-9-31(44)34-38-21-29(40-34)27-16-12-25(13-17-27)24-10-14-26(15-11-24)28-20-37-33(39-28)30-8-6-18-43(30)35(45)23(3)41-51(4,47)48/h10-17,20-23,30-32,41-42H,6-9,18-19H2,1-5H3,(H,37,39)(H,38,40)/t23-,30-,31?,32-/m0/s1. The fourth-order valence-electron chi connectivity index (χ4n) is 7.12. The SMILES string of the molecule is CC(C)[C@H](NS(C)(=O)=O)C(=O)N1CCCC1c1ncc(-c2ccc(-c3ccc(-c4cnc([C@@H]5CCCN5C(=O)[C@H](C)NS(C)(=O)=O)[nH]4)cc3)cc2)[nH]1. The number of nitrogens with zero attached hydrogens (tertiary/aromatic N) is 4. The van der Waals surface area contributed by atoms with Crippen molar-refractivity contribution in [3.05, 3.63) is 72.6 Å². The van der Waals surface area contributed by atoms with Crippen molar-refractivity contribution in [3.8, 4) is 33.6 Å². The van der Waals surface area contributed by atoms with Gasteiger partial charge in [0, 0.05) is 13.1 Å². The van der Waals surface area contributed by atoms with Gasteiger partial charge in [0.2, 0.25) is 31.9 Å². The zero-order valence-electron chi connectivity index (χ0n) is 30.0. The van der Waals surface area contributed by atoms with Crippen molar-refractivity contribution in [2.45, 2.75) is 70.6 Å². The second kappa shape index (κ2) is 14.9. The molecule has 2 aromatic heterocycles. The molecule has 0 saturated carbocycles. The zero-order valence-corrected chi connectivity index (χ0v) is 31.6. The summed E-state index contributed by atoms with van der Waals surface area (Å²) in [7, 11) is -7.08. The number of aromatic nitrogens is 4. The Morgan fingerprint density at radius 1 is 0.673 bits per heavy atom. The largest absolute Gasteiger partial charge is 0.340 e. The predicted octanol–water partition coefficient (Wildman–Crippen LogP) is 3.97. The number of hydrogen-bond acceptors (Lipinski definition) is 8. The van der Waals surface area contributed by atoms with E-state index in [0.717, 1.165) is 71.8 Å². The fraction of sp³-hybridized carbons (Fsp3) is 0.444. The first-order valence-corrected chi connectivity index (χ1v) is 21.2. The Balaban J connectivity index is 1.11. The van der Waals surface area contributed by atoms with Crippen LogP contribution in [-0.2, 0) is 29.6 Å². The average molecular weight is 751 g/mol. The maximum absolute atomic E-state index is 13.5. The number of carbonyl (C=O) groups is 2. The Kier molecular flexibility index (Phi) is 10.7. The van der Waals surface area contributed by atoms with Crippen LogP contribution >= 0.6 is 0 Å². The number of imidazole rings is 2. The molecule has 0 spiro atoms. The predicted molar refractivity (Wildman–Crippen MR) is 198 cm³/mol. The van der Waals surface area contributed by atoms with Gasteiger partial charge in [-0.1, -0.05) is 62.4 Å². The Hall–Kier alpha value is -4.38. The minimum Gasteiger partial charge on any atom is -0.340 e. The van der Waals surface area contributed by atoms with Crippen LogP contribution in [0.4, 0.5) is 0 Å². The van der Waals surface area contributed by atoms with Crippen LogP contribution in [0.5, 0.6) is 0 Å². The van der Waals surface area contributed by atoms with Gasteiger partial charge in [-0.05, 0) is 60.8 Å². The van der Waals surface area contributed by atoms with Crippen molar-refractivity contribution in [2.75, 3.05) is 25.6 Å². The Bertz CT molecular complexity index is 2130. The number of likely N-dealkylation sites (tertiary alicyclic amines) is 2. The smallest absolute Gasteiger partial charge is 0.241 e. The fourth-order valence-corrected chi connectivity index (χ4v) is 8.70. The van der Waals surface area contributed by atoms with Gasteiger partial charge in [-0.2, -0.15) is 0 Å². The molecule has 16 heteroatoms. The van der Waals surface area contributed by atoms with Crippen LogP contribution in [0.2, 0.25) is 0 Å². The van der Waals surface area contributed by atoms with Gasteiger partial charge in [0.05, 0.1) is 54.4 Å². The molecule has 6 rings (SSSR count). The molecule has 2 saturated heterocycles. The number of rotatable bonds is 12. The molecule has 4 atom stereocenters. The van der Waals surface area contributed by atoms with E-state index in [0.29, 0.717) is 24.7 Å². The van der Waals surface area contributed by atoms with Crippen LogP contribution in [0.15, 0.2) is 60.9 Å². The summed E-state index contributed by atoms with van der Waals surface area (Å²) in [4.78, 5) is 45.9. The number of amides is 2. The highest BCUT2D eigenvalue weighted by Crippen LogP contribution is 2.35. The van der Waals surface area contributed by atoms with Gasteiger partial charge >= 0.3 is 0 Å². The summed E-state index contributed by atoms with van der Waals surface area (Å²) in [6.45, 7) is 6.28. The molecule has 0 bridgehead atoms. The van der Waals surface area contributed by atoms with E-state index in [2.05, 4.69) is 29.4 Å². The first-order valence-electron chi connectivity index (χ1n) is 17.4. The Morgan fingerprint density at radius 2 is 1.08 bits per heavy atom. The van der Waals surface area contributed by atoms with E-state index in [-0.39, 0.29) is 29.8 Å². The summed E-state index contributed by atoms with van der Waals surface area (Å²) in [5.41, 5.74) is 5.59. The summed E-state index contributed by atoms with van der Waals surface area (Å²) >= 11 is 0. The Labute approximate surface area is 304 Å². The van der Waals surface area contributed by atoms with Gasteiger partial charge in [0.15, 0.2) is 0 Å². The molecule has 0 aliphatic carbocycles. The van der Waals surface area contributed by atoms with Crippen LogP contribution in [0.25, 0.3) is 33.6 Å². The van der Waals surface area contributed by atoms with Crippen molar-refractivity contribution in [2.24, 2.45) is 5.92 Å². The molecule has 14 nitrogen and oxygen atoms in total. The number of nitrogens with one attached hydrogen (secondary N) is 4. The van der Waals surface area contributed by atoms with Crippen LogP contribution in [0.3, 0.4) is 0 Å². The van der Waals surface area contributed by atoms with Crippen LogP contribution < -0.4 is 9.44 Å². The second-order valence-electron chi connectivity index (χ2n) is 14.1. The molecule has 2 aliphatic heterocycles. The molecule has 4 heterocycles. The van der Waals surface area contributed by atoms with Crippen molar-refractivity contribution >= 4 is 31.9 Å². The molecule has 4 aromatic rings. The highest BCUT2D eigenvalue weighted by atomic mass is 32.2. The van der Waals surface area contributed by atoms with Gasteiger partial charge in [-0.3, -0.25) is 9.59 Å². The van der Waals surface area contributed by atoms with E-state index in [4.69, 9.17) is 0 Å². The summed E-state index contributed by atoms with van der Waals surface area (Å²) in [5.74, 6) is 0.621. The maximum Gasteiger partial charge on any atom is 0.241 e. The average Bonchev–Trinajstić information content (AvgIpc) is 3.92. The number of sulfonamides is 2. The quantitative estimate of drug-likeness (QED) is 0.167. The van der Waals surface area contributed by atoms with Gasteiger partial charge < -0.3 is 19.8 Å². The lowest BCUT2D eigenvalue weighted by molar-refractivity contribution is -0.135. The minimum atomic E-state index is -3.56. The molecule has 52 heavy (non-hydrogen) atoms. The monoisotopic (exact) mass is 750 g/mol. The number of carbonyl (C=O) groups excluding carboxylic acids is 2. The minimum absolute atomic E-state index is 0.208. The zero-order chi connectivity index (χ0) is 37.4. The highest BCUT2D eigenvalue weighted by molar-refractivity contribution is 7.89. The lowest BCUT2D eigenvalue weighted by atomic mass is 10.0. The summed E-state index contributed by atoms with van der Waals surface area (Å²) in [5, 5.41) is 0. The molecular weight excluding hydrogens is 705 g/mol. The normalized spacial score (nSPS) is 19.3. The number of aromatic amines is 2. The van der Waals surface area contributed by atoms with Crippen molar-refractivity contribution in [3.63, 3.8) is 0 Å². The van der Waals surface area contributed by atoms with E-state index in [1.165, 1.54) is 0 Å². The maximum atomic E-state index is 13.5. The lowest BCUT2D eigenvalue weighted by Crippen LogP contribution is -2.50. The molecule has 2 aromatic carbocycles. The second-order valence-corrected chi connectivity index (χ2v) is 17.7. The molecule has 2 amide bonds. The van der Waals surface area contributed by atoms with E-state index in [1.54, 1.807) is 29.1 Å². The molecule has 278 valence electrons. The highest BCUT2D eigenvalue weighted by Gasteiger charge is 2.38. The van der Waals surface area contributed by atoms with Crippen LogP contribution in [-0.4, -0.2) is 96.1 Å². The first kappa shape index (κ1) is 37.4. The van der Waals surface area contributed by atoms with Crippen molar-refractivity contribution < 1.29 is 26.4 Å². The van der Waals surface area contributed by atoms with Crippen molar-refractivity contribution in [1.82, 2.24) is 39.2 Å². The topological polar surface area (TPSA) is 190 Å². The van der Waals surface area contributed by atoms with E-state index in [1.807, 2.05) is 62.4 Å². The van der Waals surface area contributed by atoms with Crippen molar-refractivity contribution in [1.29, 1.82) is 0 Å². The molecule has 1 unspecified atom stereocenters. The molecule has 4 N–H and O–H groups in total. The number of hydrogen-bond donors (Lipinski definition) is 4. The molecular formula is C36H46N8O6S2. The number of benzene rings is 2. The van der Waals surface area contributed by atoms with Gasteiger partial charge in [-0.15, -0.1) is 0 Å². The summed E-state index contributed by atoms with van der Waals surface area (Å²) in [6.07, 6.45) is 8.71. The third-order valence-electron chi connectivity index (χ3n) is 9.65. The summed E-state index contributed by atoms with van der Waals surface area (Å²) < 4.78 is 52.1. The van der Waals surface area contributed by atoms with E-state index >= 15 is 0 Å². The van der Waals surface area contributed by atoms with Gasteiger partial charge in [0.1, 0.15) is 17.7 Å². The summed E-state index contributed by atoms with van der Waals surface area (Å²) in [6, 6.07) is 14.0. The Morgan fingerprint density at radius 3 is 1.48 bits per heavy atom. The molecule has 0 radical (unpaired) electrons. The lowest BCUT2D eigenvalue weighted by Gasteiger charge is -2.29. The molecule has 2 aliphatic rings. The van der Waals surface area contributed by atoms with Crippen LogP contribution in [0, 0.1) is 5.92 Å². The number of H-pyrrole nitrogens is 2. The van der Waals surface area contributed by atoms with E-state index in [9.17, 15) is 26.4 Å². The van der Waals surface area contributed by atoms with E-state index < -0.39 is 32.1 Å². The van der Waals surface area contributed by atoms with Crippen LogP contribution in [0.1, 0.15) is 70.2 Å². The third kappa shape index (κ3) is 8.46.